The van der Waals surface area contributed by atoms with E-state index < -0.39 is 11.9 Å². The molecular weight excluding hydrogens is 507 g/mol. The van der Waals surface area contributed by atoms with Crippen molar-refractivity contribution in [2.24, 2.45) is 0 Å². The van der Waals surface area contributed by atoms with Crippen LogP contribution in [0.2, 0.25) is 0 Å². The number of halogens is 1. The van der Waals surface area contributed by atoms with Crippen LogP contribution < -0.4 is 10.1 Å². The van der Waals surface area contributed by atoms with Crippen LogP contribution in [0.25, 0.3) is 22.0 Å². The van der Waals surface area contributed by atoms with Crippen LogP contribution in [0, 0.1) is 5.82 Å². The summed E-state index contributed by atoms with van der Waals surface area (Å²) in [5, 5.41) is 3.69. The second-order valence-corrected chi connectivity index (χ2v) is 9.27. The van der Waals surface area contributed by atoms with Gasteiger partial charge in [-0.1, -0.05) is 42.5 Å². The van der Waals surface area contributed by atoms with E-state index in [4.69, 9.17) is 9.47 Å². The molecule has 200 valence electrons. The molecule has 0 saturated heterocycles. The lowest BCUT2D eigenvalue weighted by Gasteiger charge is -2.19. The summed E-state index contributed by atoms with van der Waals surface area (Å²) in [6.45, 7) is 0. The first kappa shape index (κ1) is 26.6. The number of ether oxygens (including phenoxy) is 2. The molecule has 1 unspecified atom stereocenters. The summed E-state index contributed by atoms with van der Waals surface area (Å²) in [7, 11) is 2.93. The van der Waals surface area contributed by atoms with E-state index >= 15 is 0 Å². The second kappa shape index (κ2) is 11.8. The molecule has 0 aliphatic heterocycles. The molecule has 40 heavy (non-hydrogen) atoms. The molecule has 1 N–H and O–H groups in total. The van der Waals surface area contributed by atoms with E-state index in [-0.39, 0.29) is 11.7 Å². The number of hydrogen-bond acceptors (Lipinski definition) is 5. The van der Waals surface area contributed by atoms with E-state index in [9.17, 15) is 14.0 Å². The lowest BCUT2D eigenvalue weighted by atomic mass is 9.89. The number of amides is 1. The number of hydrogen-bond donors (Lipinski definition) is 1. The van der Waals surface area contributed by atoms with Crippen molar-refractivity contribution in [1.29, 1.82) is 0 Å². The van der Waals surface area contributed by atoms with Gasteiger partial charge >= 0.3 is 5.97 Å². The van der Waals surface area contributed by atoms with Crippen molar-refractivity contribution < 1.29 is 23.5 Å². The van der Waals surface area contributed by atoms with E-state index in [0.29, 0.717) is 34.3 Å². The first-order valence-electron chi connectivity index (χ1n) is 12.7. The topological polar surface area (TPSA) is 77.5 Å². The maximum atomic E-state index is 14.0. The van der Waals surface area contributed by atoms with Crippen molar-refractivity contribution in [3.63, 3.8) is 0 Å². The summed E-state index contributed by atoms with van der Waals surface area (Å²) in [4.78, 5) is 29.8. The van der Waals surface area contributed by atoms with Gasteiger partial charge in [0.1, 0.15) is 11.6 Å². The fraction of sp³-hybridized carbons (Fsp3) is 0.121. The van der Waals surface area contributed by atoms with E-state index in [2.05, 4.69) is 10.3 Å². The fourth-order valence-corrected chi connectivity index (χ4v) is 4.76. The normalized spacial score (nSPS) is 11.6. The van der Waals surface area contributed by atoms with Gasteiger partial charge in [0.2, 0.25) is 5.91 Å². The number of esters is 1. The second-order valence-electron chi connectivity index (χ2n) is 9.27. The zero-order chi connectivity index (χ0) is 28.1. The van der Waals surface area contributed by atoms with Gasteiger partial charge in [-0.2, -0.15) is 0 Å². The molecule has 0 spiro atoms. The first-order chi connectivity index (χ1) is 19.5. The minimum Gasteiger partial charge on any atom is -0.496 e. The minimum atomic E-state index is -0.544. The van der Waals surface area contributed by atoms with Crippen LogP contribution in [0.1, 0.15) is 27.4 Å². The summed E-state index contributed by atoms with van der Waals surface area (Å²) in [5.41, 5.74) is 5.10. The van der Waals surface area contributed by atoms with E-state index in [0.717, 1.165) is 22.3 Å². The number of aromatic nitrogens is 1. The van der Waals surface area contributed by atoms with Gasteiger partial charge in [-0.25, -0.2) is 9.18 Å². The van der Waals surface area contributed by atoms with Gasteiger partial charge in [0.05, 0.1) is 31.2 Å². The number of anilines is 1. The predicted octanol–water partition coefficient (Wildman–Crippen LogP) is 6.80. The van der Waals surface area contributed by atoms with Gasteiger partial charge in [-0.15, -0.1) is 0 Å². The highest BCUT2D eigenvalue weighted by atomic mass is 19.1. The van der Waals surface area contributed by atoms with Crippen molar-refractivity contribution in [2.75, 3.05) is 19.5 Å². The maximum absolute atomic E-state index is 14.0. The lowest BCUT2D eigenvalue weighted by molar-refractivity contribution is -0.117. The Bertz CT molecular complexity index is 1670. The summed E-state index contributed by atoms with van der Waals surface area (Å²) in [5.74, 6) is -0.828. The Hall–Kier alpha value is -5.04. The summed E-state index contributed by atoms with van der Waals surface area (Å²) >= 11 is 0. The van der Waals surface area contributed by atoms with Crippen LogP contribution in [-0.2, 0) is 16.0 Å². The molecule has 5 aromatic rings. The Labute approximate surface area is 231 Å². The third kappa shape index (κ3) is 5.68. The Balaban J connectivity index is 1.47. The molecule has 0 radical (unpaired) electrons. The average molecular weight is 535 g/mol. The standard InChI is InChI=1S/C33H27FN2O4/c1-39-31-6-4-3-5-24(31)19-28(32(37)36-26-14-11-23(12-15-26)33(38)40-2)22-9-7-21(8-10-22)27-17-18-35-30-16-13-25(34)20-29(27)30/h3-18,20,28H,19H2,1-2H3,(H,36,37). The quantitative estimate of drug-likeness (QED) is 0.222. The molecule has 4 aromatic carbocycles. The zero-order valence-corrected chi connectivity index (χ0v) is 22.1. The highest BCUT2D eigenvalue weighted by Crippen LogP contribution is 2.32. The molecular formula is C33H27FN2O4. The molecule has 7 heteroatoms. The molecule has 1 atom stereocenters. The van der Waals surface area contributed by atoms with Crippen molar-refractivity contribution in [3.8, 4) is 16.9 Å². The van der Waals surface area contributed by atoms with Crippen LogP contribution >= 0.6 is 0 Å². The molecule has 1 heterocycles. The third-order valence-electron chi connectivity index (χ3n) is 6.83. The molecule has 0 aliphatic rings. The van der Waals surface area contributed by atoms with Crippen molar-refractivity contribution in [3.05, 3.63) is 126 Å². The Kier molecular flexibility index (Phi) is 7.82. The third-order valence-corrected chi connectivity index (χ3v) is 6.83. The van der Waals surface area contributed by atoms with Gasteiger partial charge in [0.15, 0.2) is 0 Å². The highest BCUT2D eigenvalue weighted by molar-refractivity contribution is 5.97. The fourth-order valence-electron chi connectivity index (χ4n) is 4.76. The van der Waals surface area contributed by atoms with Gasteiger partial charge in [0, 0.05) is 17.3 Å². The van der Waals surface area contributed by atoms with Crippen LogP contribution in [0.5, 0.6) is 5.75 Å². The average Bonchev–Trinajstić information content (AvgIpc) is 2.99. The number of para-hydroxylation sites is 1. The molecule has 5 rings (SSSR count). The number of pyridine rings is 1. The smallest absolute Gasteiger partial charge is 0.337 e. The lowest BCUT2D eigenvalue weighted by Crippen LogP contribution is -2.23. The van der Waals surface area contributed by atoms with Gasteiger partial charge in [0.25, 0.3) is 0 Å². The van der Waals surface area contributed by atoms with Crippen molar-refractivity contribution in [1.82, 2.24) is 4.98 Å². The molecule has 6 nitrogen and oxygen atoms in total. The molecule has 0 aliphatic carbocycles. The summed E-state index contributed by atoms with van der Waals surface area (Å²) in [6.07, 6.45) is 2.10. The molecule has 1 amide bonds. The molecule has 0 fully saturated rings. The van der Waals surface area contributed by atoms with Gasteiger partial charge in [-0.3, -0.25) is 9.78 Å². The number of benzene rings is 4. The largest absolute Gasteiger partial charge is 0.496 e. The minimum absolute atomic E-state index is 0.207. The summed E-state index contributed by atoms with van der Waals surface area (Å²) < 4.78 is 24.3. The number of nitrogens with one attached hydrogen (secondary N) is 1. The monoisotopic (exact) mass is 534 g/mol. The zero-order valence-electron chi connectivity index (χ0n) is 22.1. The van der Waals surface area contributed by atoms with Crippen molar-refractivity contribution >= 4 is 28.5 Å². The predicted molar refractivity (Wildman–Crippen MR) is 153 cm³/mol. The van der Waals surface area contributed by atoms with Crippen molar-refractivity contribution in [2.45, 2.75) is 12.3 Å². The van der Waals surface area contributed by atoms with Gasteiger partial charge in [-0.05, 0) is 83.3 Å². The van der Waals surface area contributed by atoms with Crippen LogP contribution in [0.4, 0.5) is 10.1 Å². The van der Waals surface area contributed by atoms with Gasteiger partial charge < -0.3 is 14.8 Å². The van der Waals surface area contributed by atoms with E-state index in [1.54, 1.807) is 43.6 Å². The highest BCUT2D eigenvalue weighted by Gasteiger charge is 2.23. The van der Waals surface area contributed by atoms with Crippen LogP contribution in [0.3, 0.4) is 0 Å². The Morgan fingerprint density at radius 3 is 2.38 bits per heavy atom. The van der Waals surface area contributed by atoms with Crippen LogP contribution in [-0.4, -0.2) is 31.1 Å². The number of nitrogens with zero attached hydrogens (tertiary/aromatic N) is 1. The van der Waals surface area contributed by atoms with E-state index in [1.807, 2.05) is 54.6 Å². The SMILES string of the molecule is COC(=O)c1ccc(NC(=O)C(Cc2ccccc2OC)c2ccc(-c3ccnc4ccc(F)cc34)cc2)cc1. The maximum Gasteiger partial charge on any atom is 0.337 e. The Morgan fingerprint density at radius 2 is 1.65 bits per heavy atom. The number of fused-ring (bicyclic) bond motifs is 1. The number of carbonyl (C=O) groups is 2. The number of carbonyl (C=O) groups excluding carboxylic acids is 2. The summed E-state index contributed by atoms with van der Waals surface area (Å²) in [6, 6.07) is 28.2. The molecule has 0 bridgehead atoms. The molecule has 1 aromatic heterocycles. The number of methoxy groups -OCH3 is 2. The molecule has 0 saturated carbocycles. The first-order valence-corrected chi connectivity index (χ1v) is 12.7. The van der Waals surface area contributed by atoms with Crippen LogP contribution in [0.15, 0.2) is 103 Å². The van der Waals surface area contributed by atoms with E-state index in [1.165, 1.54) is 19.2 Å². The number of rotatable bonds is 8. The Morgan fingerprint density at radius 1 is 0.900 bits per heavy atom.